The van der Waals surface area contributed by atoms with E-state index in [0.29, 0.717) is 34.6 Å². The zero-order chi connectivity index (χ0) is 20.5. The molecule has 3 rings (SSSR count). The first-order valence-corrected chi connectivity index (χ1v) is 10.3. The molecule has 28 heavy (non-hydrogen) atoms. The summed E-state index contributed by atoms with van der Waals surface area (Å²) in [5, 5.41) is 20.7. The van der Waals surface area contributed by atoms with E-state index in [0.717, 1.165) is 0 Å². The second kappa shape index (κ2) is 7.86. The van der Waals surface area contributed by atoms with Crippen LogP contribution in [0.25, 0.3) is 0 Å². The van der Waals surface area contributed by atoms with Crippen molar-refractivity contribution >= 4 is 33.3 Å². The number of carbonyl (C=O) groups is 1. The van der Waals surface area contributed by atoms with Gasteiger partial charge in [-0.2, -0.15) is 0 Å². The minimum atomic E-state index is -3.72. The maximum absolute atomic E-state index is 12.4. The van der Waals surface area contributed by atoms with Gasteiger partial charge in [0.25, 0.3) is 5.69 Å². The lowest BCUT2D eigenvalue weighted by Crippen LogP contribution is -2.29. The molecule has 0 heterocycles. The van der Waals surface area contributed by atoms with Crippen molar-refractivity contribution in [1.82, 2.24) is 4.72 Å². The van der Waals surface area contributed by atoms with Gasteiger partial charge in [0.2, 0.25) is 10.0 Å². The Bertz CT molecular complexity index is 1040. The molecular weight excluding hydrogens is 408 g/mol. The first kappa shape index (κ1) is 20.2. The fourth-order valence-electron chi connectivity index (χ4n) is 3.38. The summed E-state index contributed by atoms with van der Waals surface area (Å²) in [6.45, 7) is 0.116. The standard InChI is InChI=1S/C18H17ClN2O6S/c19-14-1-3-15(4-2-14)28(26,27)20-10-12-6-13-5-11(9-18(22)23)8-17(21(24)25)16(13)7-12/h1-5,8,12,20H,6-7,9-10H2,(H,22,23). The number of nitro benzene ring substituents is 1. The molecule has 1 atom stereocenters. The largest absolute Gasteiger partial charge is 0.481 e. The minimum Gasteiger partial charge on any atom is -0.481 e. The summed E-state index contributed by atoms with van der Waals surface area (Å²) in [7, 11) is -3.72. The second-order valence-electron chi connectivity index (χ2n) is 6.66. The summed E-state index contributed by atoms with van der Waals surface area (Å²) in [6, 6.07) is 8.70. The number of nitrogens with one attached hydrogen (secondary N) is 1. The molecule has 148 valence electrons. The van der Waals surface area contributed by atoms with E-state index in [-0.39, 0.29) is 29.5 Å². The number of nitrogens with zero attached hydrogens (tertiary/aromatic N) is 1. The number of rotatable bonds is 7. The molecule has 2 aromatic carbocycles. The molecule has 0 radical (unpaired) electrons. The fourth-order valence-corrected chi connectivity index (χ4v) is 4.62. The van der Waals surface area contributed by atoms with Gasteiger partial charge in [-0.25, -0.2) is 13.1 Å². The van der Waals surface area contributed by atoms with Crippen LogP contribution < -0.4 is 4.72 Å². The third kappa shape index (κ3) is 4.49. The second-order valence-corrected chi connectivity index (χ2v) is 8.86. The summed E-state index contributed by atoms with van der Waals surface area (Å²) in [5.41, 5.74) is 1.48. The molecule has 8 nitrogen and oxygen atoms in total. The number of hydrogen-bond donors (Lipinski definition) is 2. The lowest BCUT2D eigenvalue weighted by atomic mass is 10.0. The summed E-state index contributed by atoms with van der Waals surface area (Å²) >= 11 is 5.77. The third-order valence-electron chi connectivity index (χ3n) is 4.62. The Morgan fingerprint density at radius 3 is 2.54 bits per heavy atom. The van der Waals surface area contributed by atoms with Crippen LogP contribution in [0, 0.1) is 16.0 Å². The number of aliphatic carboxylic acids is 1. The summed E-state index contributed by atoms with van der Waals surface area (Å²) < 4.78 is 27.3. The molecule has 1 aliphatic rings. The quantitative estimate of drug-likeness (QED) is 0.519. The Labute approximate surface area is 166 Å². The Hall–Kier alpha value is -2.49. The van der Waals surface area contributed by atoms with Gasteiger partial charge in [-0.1, -0.05) is 17.7 Å². The van der Waals surface area contributed by atoms with Crippen LogP contribution in [-0.2, 0) is 34.1 Å². The van der Waals surface area contributed by atoms with Crippen molar-refractivity contribution < 1.29 is 23.2 Å². The maximum atomic E-state index is 12.4. The van der Waals surface area contributed by atoms with Crippen LogP contribution >= 0.6 is 11.6 Å². The highest BCUT2D eigenvalue weighted by molar-refractivity contribution is 7.89. The van der Waals surface area contributed by atoms with Gasteiger partial charge in [0.1, 0.15) is 0 Å². The van der Waals surface area contributed by atoms with Crippen molar-refractivity contribution in [3.05, 3.63) is 68.2 Å². The van der Waals surface area contributed by atoms with Crippen LogP contribution in [0.4, 0.5) is 5.69 Å². The molecule has 2 aromatic rings. The van der Waals surface area contributed by atoms with Crippen LogP contribution in [-0.4, -0.2) is 31.0 Å². The highest BCUT2D eigenvalue weighted by atomic mass is 35.5. The number of hydrogen-bond acceptors (Lipinski definition) is 5. The van der Waals surface area contributed by atoms with Gasteiger partial charge < -0.3 is 5.11 Å². The van der Waals surface area contributed by atoms with Crippen molar-refractivity contribution in [2.45, 2.75) is 24.2 Å². The van der Waals surface area contributed by atoms with Gasteiger partial charge in [-0.3, -0.25) is 14.9 Å². The summed E-state index contributed by atoms with van der Waals surface area (Å²) in [6.07, 6.45) is 0.483. The molecule has 1 unspecified atom stereocenters. The molecule has 1 aliphatic carbocycles. The first-order chi connectivity index (χ1) is 13.2. The van der Waals surface area contributed by atoms with Gasteiger partial charge in [0.05, 0.1) is 16.2 Å². The van der Waals surface area contributed by atoms with Crippen LogP contribution in [0.5, 0.6) is 0 Å². The molecule has 10 heteroatoms. The van der Waals surface area contributed by atoms with Crippen LogP contribution in [0.3, 0.4) is 0 Å². The van der Waals surface area contributed by atoms with Gasteiger partial charge in [-0.15, -0.1) is 0 Å². The Morgan fingerprint density at radius 2 is 1.93 bits per heavy atom. The zero-order valence-corrected chi connectivity index (χ0v) is 16.2. The zero-order valence-electron chi connectivity index (χ0n) is 14.6. The van der Waals surface area contributed by atoms with E-state index < -0.39 is 20.9 Å². The number of carboxylic acids is 1. The monoisotopic (exact) mass is 424 g/mol. The topological polar surface area (TPSA) is 127 Å². The van der Waals surface area contributed by atoms with Crippen molar-refractivity contribution in [2.75, 3.05) is 6.54 Å². The fraction of sp³-hybridized carbons (Fsp3) is 0.278. The van der Waals surface area contributed by atoms with E-state index in [1.165, 1.54) is 30.3 Å². The highest BCUT2D eigenvalue weighted by Gasteiger charge is 2.30. The minimum absolute atomic E-state index is 0.0853. The normalized spacial score (nSPS) is 16.0. The molecular formula is C18H17ClN2O6S. The van der Waals surface area contributed by atoms with E-state index in [1.54, 1.807) is 6.07 Å². The van der Waals surface area contributed by atoms with E-state index in [2.05, 4.69) is 4.72 Å². The van der Waals surface area contributed by atoms with E-state index in [1.807, 2.05) is 0 Å². The molecule has 0 bridgehead atoms. The Morgan fingerprint density at radius 1 is 1.25 bits per heavy atom. The molecule has 0 aromatic heterocycles. The number of fused-ring (bicyclic) bond motifs is 1. The smallest absolute Gasteiger partial charge is 0.307 e. The van der Waals surface area contributed by atoms with Crippen molar-refractivity contribution in [3.63, 3.8) is 0 Å². The molecule has 2 N–H and O–H groups in total. The van der Waals surface area contributed by atoms with Gasteiger partial charge in [0, 0.05) is 23.2 Å². The van der Waals surface area contributed by atoms with Crippen molar-refractivity contribution in [3.8, 4) is 0 Å². The number of sulfonamides is 1. The number of nitro groups is 1. The maximum Gasteiger partial charge on any atom is 0.307 e. The SMILES string of the molecule is O=C(O)Cc1cc2c(c([N+](=O)[O-])c1)CC(CNS(=O)(=O)c1ccc(Cl)cc1)C2. The highest BCUT2D eigenvalue weighted by Crippen LogP contribution is 2.35. The summed E-state index contributed by atoms with van der Waals surface area (Å²) in [5.74, 6) is -1.23. The number of benzene rings is 2. The van der Waals surface area contributed by atoms with Gasteiger partial charge in [-0.05, 0) is 54.2 Å². The number of carboxylic acid groups (broad SMARTS) is 1. The van der Waals surface area contributed by atoms with Crippen LogP contribution in [0.15, 0.2) is 41.3 Å². The third-order valence-corrected chi connectivity index (χ3v) is 6.31. The lowest BCUT2D eigenvalue weighted by molar-refractivity contribution is -0.385. The molecule has 0 spiro atoms. The molecule has 0 saturated heterocycles. The van der Waals surface area contributed by atoms with Crippen LogP contribution in [0.2, 0.25) is 5.02 Å². The predicted molar refractivity (Wildman–Crippen MR) is 102 cm³/mol. The lowest BCUT2D eigenvalue weighted by Gasteiger charge is -2.11. The van der Waals surface area contributed by atoms with E-state index in [9.17, 15) is 23.3 Å². The first-order valence-electron chi connectivity index (χ1n) is 8.42. The molecule has 0 fully saturated rings. The Kier molecular flexibility index (Phi) is 5.69. The van der Waals surface area contributed by atoms with E-state index in [4.69, 9.17) is 16.7 Å². The molecule has 0 saturated carbocycles. The molecule has 0 aliphatic heterocycles. The van der Waals surface area contributed by atoms with Crippen molar-refractivity contribution in [1.29, 1.82) is 0 Å². The average Bonchev–Trinajstić information content (AvgIpc) is 3.02. The van der Waals surface area contributed by atoms with Gasteiger partial charge >= 0.3 is 5.97 Å². The number of halogens is 1. The van der Waals surface area contributed by atoms with Gasteiger partial charge in [0.15, 0.2) is 0 Å². The van der Waals surface area contributed by atoms with Crippen molar-refractivity contribution in [2.24, 2.45) is 5.92 Å². The summed E-state index contributed by atoms with van der Waals surface area (Å²) in [4.78, 5) is 21.9. The average molecular weight is 425 g/mol. The predicted octanol–water partition coefficient (Wildman–Crippen LogP) is 2.57. The van der Waals surface area contributed by atoms with E-state index >= 15 is 0 Å². The molecule has 0 amide bonds. The van der Waals surface area contributed by atoms with Crippen LogP contribution in [0.1, 0.15) is 16.7 Å². The Balaban J connectivity index is 1.75.